The first-order valence-electron chi connectivity index (χ1n) is 29.3. The third-order valence-corrected chi connectivity index (χ3v) is 14.2. The van der Waals surface area contributed by atoms with Gasteiger partial charge in [0.05, 0.1) is 0 Å². The van der Waals surface area contributed by atoms with Crippen molar-refractivity contribution in [3.8, 4) is 0 Å². The molecule has 0 saturated heterocycles. The van der Waals surface area contributed by atoms with Gasteiger partial charge in [-0.25, -0.2) is 0 Å². The summed E-state index contributed by atoms with van der Waals surface area (Å²) >= 11 is 0. The highest BCUT2D eigenvalue weighted by Gasteiger charge is 2.19. The average molecular weight is 920 g/mol. The van der Waals surface area contributed by atoms with Crippen LogP contribution in [0.15, 0.2) is 0 Å². The molecule has 386 valence electrons. The number of carbonyl (C=O) groups excluding carboxylic acids is 3. The fraction of sp³-hybridized carbons (Fsp3) is 0.949. The molecule has 0 aromatic heterocycles. The summed E-state index contributed by atoms with van der Waals surface area (Å²) in [5.74, 6) is 0.903. The number of hydrogen-bond donors (Lipinski definition) is 0. The second-order valence-electron chi connectivity index (χ2n) is 20.8. The Labute approximate surface area is 406 Å². The number of hydrogen-bond acceptors (Lipinski definition) is 6. The van der Waals surface area contributed by atoms with Crippen molar-refractivity contribution in [2.75, 3.05) is 13.2 Å². The lowest BCUT2D eigenvalue weighted by molar-refractivity contribution is -0.167. The molecule has 2 unspecified atom stereocenters. The highest BCUT2D eigenvalue weighted by Crippen LogP contribution is 2.19. The predicted octanol–water partition coefficient (Wildman–Crippen LogP) is 19.3. The molecule has 0 N–H and O–H groups in total. The largest absolute Gasteiger partial charge is 0.462 e. The summed E-state index contributed by atoms with van der Waals surface area (Å²) in [5.41, 5.74) is 0. The van der Waals surface area contributed by atoms with Crippen molar-refractivity contribution in [2.24, 2.45) is 11.8 Å². The Morgan fingerprint density at radius 1 is 0.308 bits per heavy atom. The van der Waals surface area contributed by atoms with Gasteiger partial charge in [0.1, 0.15) is 13.2 Å². The Kier molecular flexibility index (Phi) is 50.5. The molecule has 0 radical (unpaired) electrons. The van der Waals surface area contributed by atoms with Gasteiger partial charge in [-0.15, -0.1) is 0 Å². The molecule has 0 aromatic rings. The SMILES string of the molecule is CCCCCCCCCCCCCCCCCCCC(=O)O[C@@H](COC(=O)CCCCCCCCCCCCCCCCC(C)CC)COC(=O)CCCCCCCCCCC(C)CC. The Morgan fingerprint density at radius 2 is 0.538 bits per heavy atom. The number of rotatable bonds is 53. The average Bonchev–Trinajstić information content (AvgIpc) is 3.30. The van der Waals surface area contributed by atoms with Crippen molar-refractivity contribution < 1.29 is 28.6 Å². The number of esters is 3. The molecule has 0 fully saturated rings. The first kappa shape index (κ1) is 63.4. The fourth-order valence-corrected chi connectivity index (χ4v) is 8.99. The van der Waals surface area contributed by atoms with Crippen LogP contribution in [-0.2, 0) is 28.6 Å². The van der Waals surface area contributed by atoms with Gasteiger partial charge in [0.15, 0.2) is 6.10 Å². The summed E-state index contributed by atoms with van der Waals surface area (Å²) in [4.78, 5) is 38.1. The zero-order valence-electron chi connectivity index (χ0n) is 44.6. The first-order valence-corrected chi connectivity index (χ1v) is 29.3. The quantitative estimate of drug-likeness (QED) is 0.0344. The van der Waals surface area contributed by atoms with E-state index in [4.69, 9.17) is 14.2 Å². The molecule has 0 aliphatic rings. The fourth-order valence-electron chi connectivity index (χ4n) is 8.99. The summed E-state index contributed by atoms with van der Waals surface area (Å²) in [6.45, 7) is 11.5. The molecule has 0 heterocycles. The van der Waals surface area contributed by atoms with Crippen molar-refractivity contribution in [3.63, 3.8) is 0 Å². The van der Waals surface area contributed by atoms with Crippen LogP contribution in [0, 0.1) is 11.8 Å². The number of unbranched alkanes of at least 4 members (excludes halogenated alkanes) is 36. The summed E-state index contributed by atoms with van der Waals surface area (Å²) < 4.78 is 16.9. The van der Waals surface area contributed by atoms with Gasteiger partial charge in [0.25, 0.3) is 0 Å². The van der Waals surface area contributed by atoms with Gasteiger partial charge in [-0.05, 0) is 31.1 Å². The smallest absolute Gasteiger partial charge is 0.306 e. The summed E-state index contributed by atoms with van der Waals surface area (Å²) in [5, 5.41) is 0. The molecule has 0 bridgehead atoms. The highest BCUT2D eigenvalue weighted by atomic mass is 16.6. The monoisotopic (exact) mass is 919 g/mol. The van der Waals surface area contributed by atoms with Crippen molar-refractivity contribution in [3.05, 3.63) is 0 Å². The molecular weight excluding hydrogens is 805 g/mol. The number of carbonyl (C=O) groups is 3. The summed E-state index contributed by atoms with van der Waals surface area (Å²) in [6, 6.07) is 0. The maximum Gasteiger partial charge on any atom is 0.306 e. The van der Waals surface area contributed by atoms with Crippen LogP contribution in [0.3, 0.4) is 0 Å². The molecule has 0 aliphatic heterocycles. The lowest BCUT2D eigenvalue weighted by atomic mass is 9.99. The van der Waals surface area contributed by atoms with Crippen LogP contribution in [0.25, 0.3) is 0 Å². The Balaban J connectivity index is 4.29. The van der Waals surface area contributed by atoms with E-state index in [9.17, 15) is 14.4 Å². The Hall–Kier alpha value is -1.59. The van der Waals surface area contributed by atoms with Crippen LogP contribution in [0.5, 0.6) is 0 Å². The zero-order valence-corrected chi connectivity index (χ0v) is 44.6. The topological polar surface area (TPSA) is 78.9 Å². The van der Waals surface area contributed by atoms with Crippen LogP contribution in [0.1, 0.15) is 330 Å². The predicted molar refractivity (Wildman–Crippen MR) is 280 cm³/mol. The van der Waals surface area contributed by atoms with E-state index in [1.54, 1.807) is 0 Å². The Morgan fingerprint density at radius 3 is 0.800 bits per heavy atom. The molecule has 6 nitrogen and oxygen atoms in total. The second-order valence-corrected chi connectivity index (χ2v) is 20.8. The second kappa shape index (κ2) is 51.8. The van der Waals surface area contributed by atoms with Crippen LogP contribution in [-0.4, -0.2) is 37.2 Å². The minimum Gasteiger partial charge on any atom is -0.462 e. The zero-order chi connectivity index (χ0) is 47.5. The van der Waals surface area contributed by atoms with Crippen LogP contribution < -0.4 is 0 Å². The van der Waals surface area contributed by atoms with Crippen molar-refractivity contribution in [2.45, 2.75) is 336 Å². The molecule has 0 aromatic carbocycles. The number of ether oxygens (including phenoxy) is 3. The molecule has 3 atom stereocenters. The molecule has 0 rings (SSSR count). The molecule has 0 amide bonds. The van der Waals surface area contributed by atoms with Gasteiger partial charge in [0, 0.05) is 19.3 Å². The molecular formula is C59H114O6. The van der Waals surface area contributed by atoms with E-state index in [0.29, 0.717) is 19.3 Å². The van der Waals surface area contributed by atoms with Crippen molar-refractivity contribution >= 4 is 17.9 Å². The standard InChI is InChI=1S/C59H114O6/c1-6-9-10-11-12-13-14-15-16-17-18-23-26-29-36-41-46-51-59(62)65-56(53-64-58(61)50-45-40-35-31-30-33-38-43-48-55(5)8-3)52-63-57(60)49-44-39-34-28-25-22-20-19-21-24-27-32-37-42-47-54(4)7-2/h54-56H,6-53H2,1-5H3/t54?,55?,56-/m0/s1. The molecule has 0 spiro atoms. The normalized spacial score (nSPS) is 12.9. The van der Waals surface area contributed by atoms with Gasteiger partial charge in [-0.3, -0.25) is 14.4 Å². The van der Waals surface area contributed by atoms with Crippen molar-refractivity contribution in [1.82, 2.24) is 0 Å². The molecule has 65 heavy (non-hydrogen) atoms. The first-order chi connectivity index (χ1) is 31.8. The van der Waals surface area contributed by atoms with Crippen LogP contribution in [0.4, 0.5) is 0 Å². The van der Waals surface area contributed by atoms with E-state index in [0.717, 1.165) is 69.6 Å². The van der Waals surface area contributed by atoms with E-state index in [2.05, 4.69) is 34.6 Å². The lowest BCUT2D eigenvalue weighted by Gasteiger charge is -2.18. The van der Waals surface area contributed by atoms with E-state index in [1.807, 2.05) is 0 Å². The molecule has 0 aliphatic carbocycles. The Bertz CT molecular complexity index is 997. The van der Waals surface area contributed by atoms with Crippen LogP contribution in [0.2, 0.25) is 0 Å². The van der Waals surface area contributed by atoms with E-state index in [1.165, 1.54) is 218 Å². The van der Waals surface area contributed by atoms with Crippen LogP contribution >= 0.6 is 0 Å². The van der Waals surface area contributed by atoms with E-state index in [-0.39, 0.29) is 31.1 Å². The van der Waals surface area contributed by atoms with Crippen molar-refractivity contribution in [1.29, 1.82) is 0 Å². The summed E-state index contributed by atoms with van der Waals surface area (Å²) in [7, 11) is 0. The molecule has 0 saturated carbocycles. The minimum absolute atomic E-state index is 0.0630. The van der Waals surface area contributed by atoms with Gasteiger partial charge < -0.3 is 14.2 Å². The third kappa shape index (κ3) is 50.1. The lowest BCUT2D eigenvalue weighted by Crippen LogP contribution is -2.30. The maximum absolute atomic E-state index is 12.9. The van der Waals surface area contributed by atoms with Gasteiger partial charge in [-0.2, -0.15) is 0 Å². The van der Waals surface area contributed by atoms with E-state index >= 15 is 0 Å². The van der Waals surface area contributed by atoms with E-state index < -0.39 is 6.10 Å². The minimum atomic E-state index is -0.763. The third-order valence-electron chi connectivity index (χ3n) is 14.2. The van der Waals surface area contributed by atoms with Gasteiger partial charge in [0.2, 0.25) is 0 Å². The maximum atomic E-state index is 12.9. The van der Waals surface area contributed by atoms with Gasteiger partial charge in [-0.1, -0.05) is 291 Å². The summed E-state index contributed by atoms with van der Waals surface area (Å²) in [6.07, 6.45) is 55.1. The van der Waals surface area contributed by atoms with Gasteiger partial charge >= 0.3 is 17.9 Å². The highest BCUT2D eigenvalue weighted by molar-refractivity contribution is 5.71. The molecule has 6 heteroatoms.